The van der Waals surface area contributed by atoms with E-state index in [9.17, 15) is 4.79 Å². The van der Waals surface area contributed by atoms with Gasteiger partial charge in [0, 0.05) is 6.04 Å². The van der Waals surface area contributed by atoms with Gasteiger partial charge in [-0.25, -0.2) is 0 Å². The van der Waals surface area contributed by atoms with Crippen LogP contribution < -0.4 is 5.73 Å². The average molecular weight is 285 g/mol. The first kappa shape index (κ1) is 19.4. The molecule has 120 valence electrons. The van der Waals surface area contributed by atoms with E-state index in [1.165, 1.54) is 57.8 Å². The summed E-state index contributed by atoms with van der Waals surface area (Å²) < 4.78 is 0. The van der Waals surface area contributed by atoms with Gasteiger partial charge >= 0.3 is 5.97 Å². The van der Waals surface area contributed by atoms with Crippen LogP contribution in [0.3, 0.4) is 0 Å². The third-order valence-electron chi connectivity index (χ3n) is 4.16. The van der Waals surface area contributed by atoms with Gasteiger partial charge in [-0.2, -0.15) is 0 Å². The first-order valence-corrected chi connectivity index (χ1v) is 8.53. The zero-order valence-corrected chi connectivity index (χ0v) is 13.6. The number of nitrogens with two attached hydrogens (primary N) is 1. The Morgan fingerprint density at radius 2 is 1.40 bits per heavy atom. The van der Waals surface area contributed by atoms with Crippen molar-refractivity contribution in [1.29, 1.82) is 0 Å². The molecule has 0 saturated carbocycles. The number of aliphatic carboxylic acids is 1. The Labute approximate surface area is 125 Å². The molecule has 3 N–H and O–H groups in total. The van der Waals surface area contributed by atoms with E-state index in [0.717, 1.165) is 18.8 Å². The molecule has 0 aliphatic rings. The van der Waals surface area contributed by atoms with Crippen LogP contribution >= 0.6 is 0 Å². The Bertz CT molecular complexity index is 231. The van der Waals surface area contributed by atoms with Crippen molar-refractivity contribution in [3.63, 3.8) is 0 Å². The second-order valence-corrected chi connectivity index (χ2v) is 6.28. The second kappa shape index (κ2) is 13.4. The summed E-state index contributed by atoms with van der Waals surface area (Å²) in [6.07, 6.45) is 14.0. The molecule has 20 heavy (non-hydrogen) atoms. The third-order valence-corrected chi connectivity index (χ3v) is 4.16. The fourth-order valence-electron chi connectivity index (χ4n) is 2.49. The van der Waals surface area contributed by atoms with Crippen LogP contribution in [0.4, 0.5) is 0 Å². The quantitative estimate of drug-likeness (QED) is 0.453. The molecule has 0 aromatic carbocycles. The average Bonchev–Trinajstić information content (AvgIpc) is 2.39. The minimum absolute atomic E-state index is 0.107. The first-order chi connectivity index (χ1) is 9.56. The van der Waals surface area contributed by atoms with Gasteiger partial charge in [0.15, 0.2) is 0 Å². The molecule has 3 heteroatoms. The lowest BCUT2D eigenvalue weighted by molar-refractivity contribution is -0.137. The molecular weight excluding hydrogens is 250 g/mol. The Kier molecular flexibility index (Phi) is 13.0. The van der Waals surface area contributed by atoms with Crippen molar-refractivity contribution in [3.05, 3.63) is 0 Å². The monoisotopic (exact) mass is 285 g/mol. The molecule has 0 saturated heterocycles. The van der Waals surface area contributed by atoms with Crippen molar-refractivity contribution in [2.75, 3.05) is 0 Å². The number of carboxylic acid groups (broad SMARTS) is 1. The van der Waals surface area contributed by atoms with Gasteiger partial charge < -0.3 is 10.8 Å². The normalized spacial score (nSPS) is 14.2. The Balaban J connectivity index is 3.15. The summed E-state index contributed by atoms with van der Waals surface area (Å²) in [6.45, 7) is 4.61. The molecule has 0 amide bonds. The molecule has 0 aromatic rings. The smallest absolute Gasteiger partial charge is 0.304 e. The number of rotatable bonds is 14. The molecule has 0 rings (SSSR count). The van der Waals surface area contributed by atoms with E-state index in [1.807, 2.05) is 0 Å². The number of hydrogen-bond acceptors (Lipinski definition) is 2. The van der Waals surface area contributed by atoms with Crippen LogP contribution in [-0.4, -0.2) is 17.1 Å². The Morgan fingerprint density at radius 3 is 1.85 bits per heavy atom. The maximum Gasteiger partial charge on any atom is 0.304 e. The summed E-state index contributed by atoms with van der Waals surface area (Å²) in [5.41, 5.74) is 5.73. The van der Waals surface area contributed by atoms with Crippen LogP contribution in [-0.2, 0) is 4.79 Å². The molecule has 0 heterocycles. The lowest BCUT2D eigenvalue weighted by Crippen LogP contribution is -2.23. The summed E-state index contributed by atoms with van der Waals surface area (Å²) in [5.74, 6) is 0.111. The highest BCUT2D eigenvalue weighted by Crippen LogP contribution is 2.15. The van der Waals surface area contributed by atoms with Gasteiger partial charge in [0.05, 0.1) is 6.42 Å². The molecule has 0 fully saturated rings. The second-order valence-electron chi connectivity index (χ2n) is 6.28. The van der Waals surface area contributed by atoms with E-state index in [4.69, 9.17) is 10.8 Å². The van der Waals surface area contributed by atoms with Crippen molar-refractivity contribution in [2.24, 2.45) is 11.7 Å². The molecule has 0 radical (unpaired) electrons. The van der Waals surface area contributed by atoms with Crippen LogP contribution in [0.1, 0.15) is 90.9 Å². The van der Waals surface area contributed by atoms with E-state index in [2.05, 4.69) is 13.8 Å². The van der Waals surface area contributed by atoms with E-state index in [0.29, 0.717) is 0 Å². The lowest BCUT2D eigenvalue weighted by Gasteiger charge is -2.08. The molecular formula is C17H35NO2. The molecule has 0 aromatic heterocycles. The van der Waals surface area contributed by atoms with Gasteiger partial charge in [-0.3, -0.25) is 4.79 Å². The fraction of sp³-hybridized carbons (Fsp3) is 0.941. The van der Waals surface area contributed by atoms with E-state index in [-0.39, 0.29) is 12.5 Å². The molecule has 2 unspecified atom stereocenters. The van der Waals surface area contributed by atoms with Gasteiger partial charge in [-0.05, 0) is 12.3 Å². The zero-order valence-electron chi connectivity index (χ0n) is 13.6. The Hall–Kier alpha value is -0.570. The molecule has 0 aliphatic heterocycles. The number of carbonyl (C=O) groups is 1. The topological polar surface area (TPSA) is 63.3 Å². The van der Waals surface area contributed by atoms with Crippen LogP contribution in [0.2, 0.25) is 0 Å². The van der Waals surface area contributed by atoms with Crippen molar-refractivity contribution >= 4 is 5.97 Å². The minimum atomic E-state index is -0.783. The highest BCUT2D eigenvalue weighted by Gasteiger charge is 2.06. The van der Waals surface area contributed by atoms with Gasteiger partial charge in [0.25, 0.3) is 0 Å². The lowest BCUT2D eigenvalue weighted by atomic mass is 9.99. The summed E-state index contributed by atoms with van der Waals surface area (Å²) in [6, 6.07) is -0.159. The van der Waals surface area contributed by atoms with Crippen LogP contribution in [0.5, 0.6) is 0 Å². The van der Waals surface area contributed by atoms with Crippen molar-refractivity contribution in [1.82, 2.24) is 0 Å². The van der Waals surface area contributed by atoms with Crippen molar-refractivity contribution in [2.45, 2.75) is 96.9 Å². The fourth-order valence-corrected chi connectivity index (χ4v) is 2.49. The molecule has 0 bridgehead atoms. The molecule has 0 aliphatic carbocycles. The SMILES string of the molecule is CCC(C)CCCCCCCCCCC(N)CC(=O)O. The predicted octanol–water partition coefficient (Wildman–Crippen LogP) is 4.74. The van der Waals surface area contributed by atoms with Gasteiger partial charge in [0.2, 0.25) is 0 Å². The van der Waals surface area contributed by atoms with Gasteiger partial charge in [-0.15, -0.1) is 0 Å². The predicted molar refractivity (Wildman–Crippen MR) is 85.9 cm³/mol. The largest absolute Gasteiger partial charge is 0.481 e. The summed E-state index contributed by atoms with van der Waals surface area (Å²) >= 11 is 0. The summed E-state index contributed by atoms with van der Waals surface area (Å²) in [5, 5.41) is 8.60. The molecule has 3 nitrogen and oxygen atoms in total. The number of carboxylic acids is 1. The van der Waals surface area contributed by atoms with Crippen LogP contribution in [0.15, 0.2) is 0 Å². The van der Waals surface area contributed by atoms with Crippen LogP contribution in [0.25, 0.3) is 0 Å². The van der Waals surface area contributed by atoms with Crippen molar-refractivity contribution < 1.29 is 9.90 Å². The van der Waals surface area contributed by atoms with Crippen LogP contribution in [0, 0.1) is 5.92 Å². The van der Waals surface area contributed by atoms with E-state index >= 15 is 0 Å². The maximum absolute atomic E-state index is 10.5. The van der Waals surface area contributed by atoms with E-state index < -0.39 is 5.97 Å². The number of hydrogen-bond donors (Lipinski definition) is 2. The van der Waals surface area contributed by atoms with Crippen molar-refractivity contribution in [3.8, 4) is 0 Å². The first-order valence-electron chi connectivity index (χ1n) is 8.53. The minimum Gasteiger partial charge on any atom is -0.481 e. The number of unbranched alkanes of at least 4 members (excludes halogenated alkanes) is 7. The third kappa shape index (κ3) is 13.9. The Morgan fingerprint density at radius 1 is 0.950 bits per heavy atom. The van der Waals surface area contributed by atoms with Gasteiger partial charge in [-0.1, -0.05) is 78.1 Å². The zero-order chi connectivity index (χ0) is 15.2. The highest BCUT2D eigenvalue weighted by molar-refractivity contribution is 5.67. The molecule has 0 spiro atoms. The molecule has 2 atom stereocenters. The maximum atomic E-state index is 10.5. The highest BCUT2D eigenvalue weighted by atomic mass is 16.4. The standard InChI is InChI=1S/C17H35NO2/c1-3-15(2)12-10-8-6-4-5-7-9-11-13-16(18)14-17(19)20/h15-16H,3-14,18H2,1-2H3,(H,19,20). The summed E-state index contributed by atoms with van der Waals surface area (Å²) in [7, 11) is 0. The summed E-state index contributed by atoms with van der Waals surface area (Å²) in [4.78, 5) is 10.5. The van der Waals surface area contributed by atoms with Gasteiger partial charge in [0.1, 0.15) is 0 Å². The van der Waals surface area contributed by atoms with E-state index in [1.54, 1.807) is 0 Å².